The lowest BCUT2D eigenvalue weighted by atomic mass is 10.1. The molecule has 102 valence electrons. The minimum atomic E-state index is -0.455. The molecule has 0 spiro atoms. The molecule has 1 fully saturated rings. The summed E-state index contributed by atoms with van der Waals surface area (Å²) in [6, 6.07) is 5.84. The molecule has 1 aromatic carbocycles. The average molecular weight is 279 g/mol. The topological polar surface area (TPSA) is 60.2 Å². The van der Waals surface area contributed by atoms with Crippen molar-refractivity contribution in [3.8, 4) is 0 Å². The van der Waals surface area contributed by atoms with E-state index in [1.165, 1.54) is 49.9 Å². The van der Waals surface area contributed by atoms with Crippen LogP contribution >= 0.6 is 11.8 Å². The normalized spacial score (nSPS) is 15.6. The van der Waals surface area contributed by atoms with Gasteiger partial charge in [-0.25, -0.2) is 0 Å². The maximum Gasteiger partial charge on any atom is 0.269 e. The third-order valence-electron chi connectivity index (χ3n) is 3.46. The Labute approximate surface area is 116 Å². The summed E-state index contributed by atoms with van der Waals surface area (Å²) in [5, 5.41) is 10.5. The molecule has 0 heterocycles. The van der Waals surface area contributed by atoms with E-state index < -0.39 is 4.92 Å². The van der Waals surface area contributed by atoms with Crippen molar-refractivity contribution < 1.29 is 9.72 Å². The van der Waals surface area contributed by atoms with Gasteiger partial charge in [0.25, 0.3) is 5.69 Å². The van der Waals surface area contributed by atoms with E-state index in [4.69, 9.17) is 0 Å². The van der Waals surface area contributed by atoms with E-state index in [-0.39, 0.29) is 11.5 Å². The fraction of sp³-hybridized carbons (Fsp3) is 0.500. The predicted molar refractivity (Wildman–Crippen MR) is 76.7 cm³/mol. The number of ketones is 1. The molecule has 0 aliphatic heterocycles. The number of hydrogen-bond acceptors (Lipinski definition) is 4. The molecule has 19 heavy (non-hydrogen) atoms. The van der Waals surface area contributed by atoms with Crippen LogP contribution in [0.3, 0.4) is 0 Å². The SMILES string of the molecule is O=C(CSCC1CCCC1)c1ccc([N+](=O)[O-])cc1. The van der Waals surface area contributed by atoms with Gasteiger partial charge < -0.3 is 0 Å². The molecule has 0 N–H and O–H groups in total. The lowest BCUT2D eigenvalue weighted by molar-refractivity contribution is -0.384. The average Bonchev–Trinajstić information content (AvgIpc) is 2.92. The van der Waals surface area contributed by atoms with Crippen LogP contribution in [0.1, 0.15) is 36.0 Å². The van der Waals surface area contributed by atoms with Crippen LogP contribution in [0.2, 0.25) is 0 Å². The molecule has 1 aromatic rings. The minimum Gasteiger partial charge on any atom is -0.293 e. The first kappa shape index (κ1) is 14.1. The van der Waals surface area contributed by atoms with Crippen LogP contribution in [-0.2, 0) is 0 Å². The van der Waals surface area contributed by atoms with E-state index in [0.29, 0.717) is 11.3 Å². The first-order valence-corrected chi connectivity index (χ1v) is 7.67. The number of nitro groups is 1. The number of Topliss-reactive ketones (excluding diaryl/α,β-unsaturated/α-hetero) is 1. The fourth-order valence-electron chi connectivity index (χ4n) is 2.35. The van der Waals surface area contributed by atoms with E-state index in [2.05, 4.69) is 0 Å². The summed E-state index contributed by atoms with van der Waals surface area (Å²) in [4.78, 5) is 22.0. The summed E-state index contributed by atoms with van der Waals surface area (Å²) in [7, 11) is 0. The van der Waals surface area contributed by atoms with Crippen molar-refractivity contribution >= 4 is 23.2 Å². The molecule has 1 aliphatic carbocycles. The second kappa shape index (κ2) is 6.70. The van der Waals surface area contributed by atoms with Crippen LogP contribution in [-0.4, -0.2) is 22.2 Å². The zero-order valence-corrected chi connectivity index (χ0v) is 11.5. The maximum absolute atomic E-state index is 11.9. The Kier molecular flexibility index (Phi) is 4.96. The third kappa shape index (κ3) is 4.06. The van der Waals surface area contributed by atoms with E-state index in [1.807, 2.05) is 0 Å². The third-order valence-corrected chi connectivity index (χ3v) is 4.63. The highest BCUT2D eigenvalue weighted by atomic mass is 32.2. The van der Waals surface area contributed by atoms with Gasteiger partial charge in [-0.3, -0.25) is 14.9 Å². The van der Waals surface area contributed by atoms with Gasteiger partial charge >= 0.3 is 0 Å². The van der Waals surface area contributed by atoms with Crippen LogP contribution in [0.25, 0.3) is 0 Å². The Hall–Kier alpha value is -1.36. The van der Waals surface area contributed by atoms with Crippen molar-refractivity contribution in [3.05, 3.63) is 39.9 Å². The lowest BCUT2D eigenvalue weighted by Crippen LogP contribution is -2.05. The predicted octanol–water partition coefficient (Wildman–Crippen LogP) is 3.70. The van der Waals surface area contributed by atoms with Crippen molar-refractivity contribution in [2.24, 2.45) is 5.92 Å². The smallest absolute Gasteiger partial charge is 0.269 e. The summed E-state index contributed by atoms with van der Waals surface area (Å²) >= 11 is 1.68. The molecular weight excluding hydrogens is 262 g/mol. The molecule has 0 bridgehead atoms. The van der Waals surface area contributed by atoms with Crippen molar-refractivity contribution in [3.63, 3.8) is 0 Å². The number of hydrogen-bond donors (Lipinski definition) is 0. The van der Waals surface area contributed by atoms with E-state index in [1.54, 1.807) is 11.8 Å². The zero-order valence-electron chi connectivity index (χ0n) is 10.7. The van der Waals surface area contributed by atoms with Gasteiger partial charge in [0.15, 0.2) is 5.78 Å². The standard InChI is InChI=1S/C14H17NO3S/c16-14(10-19-9-11-3-1-2-4-11)12-5-7-13(8-6-12)15(17)18/h5-8,11H,1-4,9-10H2. The number of non-ortho nitro benzene ring substituents is 1. The van der Waals surface area contributed by atoms with Gasteiger partial charge in [0.05, 0.1) is 10.7 Å². The Morgan fingerprint density at radius 1 is 1.26 bits per heavy atom. The van der Waals surface area contributed by atoms with E-state index in [0.717, 1.165) is 11.7 Å². The second-order valence-electron chi connectivity index (χ2n) is 4.89. The number of nitro benzene ring substituents is 1. The largest absolute Gasteiger partial charge is 0.293 e. The molecule has 0 radical (unpaired) electrons. The Morgan fingerprint density at radius 2 is 1.89 bits per heavy atom. The van der Waals surface area contributed by atoms with Gasteiger partial charge in [0.2, 0.25) is 0 Å². The minimum absolute atomic E-state index is 0.0233. The van der Waals surface area contributed by atoms with Gasteiger partial charge in [-0.15, -0.1) is 0 Å². The van der Waals surface area contributed by atoms with Crippen LogP contribution < -0.4 is 0 Å². The fourth-order valence-corrected chi connectivity index (χ4v) is 3.48. The van der Waals surface area contributed by atoms with Gasteiger partial charge in [-0.2, -0.15) is 11.8 Å². The van der Waals surface area contributed by atoms with Crippen molar-refractivity contribution in [2.75, 3.05) is 11.5 Å². The highest BCUT2D eigenvalue weighted by Gasteiger charge is 2.16. The first-order valence-electron chi connectivity index (χ1n) is 6.52. The van der Waals surface area contributed by atoms with Crippen molar-refractivity contribution in [1.82, 2.24) is 0 Å². The summed E-state index contributed by atoms with van der Waals surface area (Å²) in [6.45, 7) is 0. The first-order chi connectivity index (χ1) is 9.16. The molecule has 1 saturated carbocycles. The summed E-state index contributed by atoms with van der Waals surface area (Å²) in [5.41, 5.74) is 0.583. The number of nitrogens with zero attached hydrogens (tertiary/aromatic N) is 1. The molecule has 4 nitrogen and oxygen atoms in total. The molecule has 5 heteroatoms. The van der Waals surface area contributed by atoms with Gasteiger partial charge in [0, 0.05) is 17.7 Å². The molecule has 2 rings (SSSR count). The summed E-state index contributed by atoms with van der Waals surface area (Å²) in [6.07, 6.45) is 5.22. The van der Waals surface area contributed by atoms with Crippen molar-refractivity contribution in [1.29, 1.82) is 0 Å². The summed E-state index contributed by atoms with van der Waals surface area (Å²) < 4.78 is 0. The van der Waals surface area contributed by atoms with Gasteiger partial charge in [0.1, 0.15) is 0 Å². The quantitative estimate of drug-likeness (QED) is 0.452. The molecule has 0 atom stereocenters. The van der Waals surface area contributed by atoms with Crippen LogP contribution in [0.5, 0.6) is 0 Å². The molecular formula is C14H17NO3S. The van der Waals surface area contributed by atoms with Gasteiger partial charge in [-0.1, -0.05) is 12.8 Å². The summed E-state index contributed by atoms with van der Waals surface area (Å²) in [5.74, 6) is 2.35. The van der Waals surface area contributed by atoms with Gasteiger partial charge in [-0.05, 0) is 36.6 Å². The van der Waals surface area contributed by atoms with Crippen LogP contribution in [0.15, 0.2) is 24.3 Å². The number of carbonyl (C=O) groups excluding carboxylic acids is 1. The van der Waals surface area contributed by atoms with Crippen molar-refractivity contribution in [2.45, 2.75) is 25.7 Å². The highest BCUT2D eigenvalue weighted by Crippen LogP contribution is 2.28. The molecule has 0 saturated heterocycles. The van der Waals surface area contributed by atoms with Crippen LogP contribution in [0.4, 0.5) is 5.69 Å². The Morgan fingerprint density at radius 3 is 2.47 bits per heavy atom. The number of carbonyl (C=O) groups is 1. The second-order valence-corrected chi connectivity index (χ2v) is 5.92. The monoisotopic (exact) mass is 279 g/mol. The number of rotatable bonds is 6. The number of benzene rings is 1. The lowest BCUT2D eigenvalue weighted by Gasteiger charge is -2.07. The molecule has 0 unspecified atom stereocenters. The van der Waals surface area contributed by atoms with E-state index >= 15 is 0 Å². The van der Waals surface area contributed by atoms with E-state index in [9.17, 15) is 14.9 Å². The Balaban J connectivity index is 1.80. The Bertz CT molecular complexity index is 452. The van der Waals surface area contributed by atoms with Crippen LogP contribution in [0, 0.1) is 16.0 Å². The maximum atomic E-state index is 11.9. The zero-order chi connectivity index (χ0) is 13.7. The molecule has 0 amide bonds. The molecule has 1 aliphatic rings. The highest BCUT2D eigenvalue weighted by molar-refractivity contribution is 7.99. The number of thioether (sulfide) groups is 1. The molecule has 0 aromatic heterocycles.